The molecule has 4 rings (SSSR count). The first kappa shape index (κ1) is 19.6. The molecular formula is C21H19NO5S2. The van der Waals surface area contributed by atoms with Crippen LogP contribution in [-0.2, 0) is 14.8 Å². The van der Waals surface area contributed by atoms with E-state index in [0.29, 0.717) is 0 Å². The third-order valence-corrected chi connectivity index (χ3v) is 7.35. The zero-order valence-corrected chi connectivity index (χ0v) is 17.4. The van der Waals surface area contributed by atoms with Gasteiger partial charge in [-0.25, -0.2) is 8.42 Å². The minimum absolute atomic E-state index is 0.0479. The van der Waals surface area contributed by atoms with E-state index in [2.05, 4.69) is 4.72 Å². The number of sulfonamides is 1. The lowest BCUT2D eigenvalue weighted by molar-refractivity contribution is -0.140. The molecule has 0 unspecified atom stereocenters. The summed E-state index contributed by atoms with van der Waals surface area (Å²) in [7, 11) is -3.97. The Morgan fingerprint density at radius 3 is 2.52 bits per heavy atom. The van der Waals surface area contributed by atoms with E-state index in [1.807, 2.05) is 30.3 Å². The van der Waals surface area contributed by atoms with E-state index in [-0.39, 0.29) is 10.8 Å². The minimum Gasteiger partial charge on any atom is -0.480 e. The van der Waals surface area contributed by atoms with E-state index in [4.69, 9.17) is 4.42 Å². The number of benzene rings is 2. The number of hydrogen-bond donors (Lipinski definition) is 2. The van der Waals surface area contributed by atoms with Gasteiger partial charge in [0, 0.05) is 25.7 Å². The number of hydrogen-bond acceptors (Lipinski definition) is 5. The second kappa shape index (κ2) is 7.29. The van der Waals surface area contributed by atoms with Crippen LogP contribution in [0.3, 0.4) is 0 Å². The van der Waals surface area contributed by atoms with Crippen molar-refractivity contribution >= 4 is 47.5 Å². The van der Waals surface area contributed by atoms with E-state index in [1.165, 1.54) is 6.07 Å². The highest BCUT2D eigenvalue weighted by molar-refractivity contribution is 7.89. The SMILES string of the molecule is CC(C)[C@@H](NS(=O)(=O)c1ccc2sc3cc(-c4ccco4)ccc3c2c1)C(=O)O. The maximum Gasteiger partial charge on any atom is 0.322 e. The van der Waals surface area contributed by atoms with Gasteiger partial charge in [-0.05, 0) is 42.3 Å². The van der Waals surface area contributed by atoms with Crippen LogP contribution in [0.2, 0.25) is 0 Å². The zero-order chi connectivity index (χ0) is 20.8. The molecule has 2 aromatic heterocycles. The Bertz CT molecular complexity index is 1300. The molecule has 2 heterocycles. The Morgan fingerprint density at radius 1 is 1.07 bits per heavy atom. The van der Waals surface area contributed by atoms with Crippen molar-refractivity contribution in [2.75, 3.05) is 0 Å². The molecule has 0 saturated carbocycles. The van der Waals surface area contributed by atoms with Gasteiger partial charge in [-0.15, -0.1) is 11.3 Å². The molecule has 0 spiro atoms. The molecule has 0 radical (unpaired) electrons. The number of thiophene rings is 1. The summed E-state index contributed by atoms with van der Waals surface area (Å²) in [5.74, 6) is -0.811. The van der Waals surface area contributed by atoms with Gasteiger partial charge in [-0.3, -0.25) is 4.79 Å². The van der Waals surface area contributed by atoms with Gasteiger partial charge in [-0.1, -0.05) is 26.0 Å². The molecule has 0 bridgehead atoms. The Labute approximate surface area is 171 Å². The van der Waals surface area contributed by atoms with Crippen LogP contribution in [0.25, 0.3) is 31.5 Å². The number of fused-ring (bicyclic) bond motifs is 3. The van der Waals surface area contributed by atoms with Crippen LogP contribution in [0.4, 0.5) is 0 Å². The summed E-state index contributed by atoms with van der Waals surface area (Å²) in [6.45, 7) is 3.32. The number of carboxylic acids is 1. The van der Waals surface area contributed by atoms with Crippen molar-refractivity contribution in [2.24, 2.45) is 5.92 Å². The molecule has 0 amide bonds. The van der Waals surface area contributed by atoms with Crippen LogP contribution in [0.15, 0.2) is 64.1 Å². The third-order valence-electron chi connectivity index (χ3n) is 4.77. The minimum atomic E-state index is -3.97. The van der Waals surface area contributed by atoms with Crippen LogP contribution in [0, 0.1) is 5.92 Å². The smallest absolute Gasteiger partial charge is 0.322 e. The molecule has 150 valence electrons. The van der Waals surface area contributed by atoms with Gasteiger partial charge in [0.15, 0.2) is 0 Å². The maximum atomic E-state index is 12.8. The average molecular weight is 430 g/mol. The summed E-state index contributed by atoms with van der Waals surface area (Å²) >= 11 is 1.57. The van der Waals surface area contributed by atoms with Crippen molar-refractivity contribution in [3.05, 3.63) is 54.8 Å². The second-order valence-corrected chi connectivity index (χ2v) is 9.93. The molecule has 0 aliphatic rings. The molecule has 0 aliphatic carbocycles. The number of aliphatic carboxylic acids is 1. The zero-order valence-electron chi connectivity index (χ0n) is 15.7. The number of nitrogens with one attached hydrogen (secondary N) is 1. The highest BCUT2D eigenvalue weighted by Crippen LogP contribution is 2.37. The summed E-state index contributed by atoms with van der Waals surface area (Å²) in [4.78, 5) is 11.4. The van der Waals surface area contributed by atoms with Crippen molar-refractivity contribution < 1.29 is 22.7 Å². The van der Waals surface area contributed by atoms with Gasteiger partial charge in [0.05, 0.1) is 11.2 Å². The number of rotatable bonds is 6. The molecule has 8 heteroatoms. The first-order valence-electron chi connectivity index (χ1n) is 9.01. The van der Waals surface area contributed by atoms with Crippen LogP contribution in [0.5, 0.6) is 0 Å². The molecule has 0 saturated heterocycles. The van der Waals surface area contributed by atoms with E-state index >= 15 is 0 Å². The summed E-state index contributed by atoms with van der Waals surface area (Å²) in [6, 6.07) is 13.3. The summed E-state index contributed by atoms with van der Waals surface area (Å²) in [5, 5.41) is 11.1. The fraction of sp³-hybridized carbons (Fsp3) is 0.190. The van der Waals surface area contributed by atoms with E-state index in [9.17, 15) is 18.3 Å². The van der Waals surface area contributed by atoms with E-state index < -0.39 is 22.0 Å². The van der Waals surface area contributed by atoms with Crippen molar-refractivity contribution in [1.29, 1.82) is 0 Å². The number of furan rings is 1. The van der Waals surface area contributed by atoms with Gasteiger partial charge < -0.3 is 9.52 Å². The normalized spacial score (nSPS) is 13.3. The Hall–Kier alpha value is -2.68. The van der Waals surface area contributed by atoms with E-state index in [0.717, 1.165) is 31.5 Å². The van der Waals surface area contributed by atoms with Crippen molar-refractivity contribution in [1.82, 2.24) is 4.72 Å². The molecule has 0 aliphatic heterocycles. The Balaban J connectivity index is 1.77. The van der Waals surface area contributed by atoms with E-state index in [1.54, 1.807) is 43.6 Å². The molecule has 29 heavy (non-hydrogen) atoms. The van der Waals surface area contributed by atoms with Crippen molar-refractivity contribution in [2.45, 2.75) is 24.8 Å². The lowest BCUT2D eigenvalue weighted by Gasteiger charge is -2.18. The fourth-order valence-corrected chi connectivity index (χ4v) is 5.72. The summed E-state index contributed by atoms with van der Waals surface area (Å²) in [5.41, 5.74) is 0.949. The highest BCUT2D eigenvalue weighted by Gasteiger charge is 2.28. The van der Waals surface area contributed by atoms with Gasteiger partial charge >= 0.3 is 5.97 Å². The van der Waals surface area contributed by atoms with Gasteiger partial charge in [0.2, 0.25) is 10.0 Å². The maximum absolute atomic E-state index is 12.8. The quantitative estimate of drug-likeness (QED) is 0.463. The summed E-state index contributed by atoms with van der Waals surface area (Å²) in [6.07, 6.45) is 1.62. The fourth-order valence-electron chi connectivity index (χ4n) is 3.23. The topological polar surface area (TPSA) is 96.6 Å². The first-order chi connectivity index (χ1) is 13.8. The van der Waals surface area contributed by atoms with Crippen LogP contribution >= 0.6 is 11.3 Å². The molecule has 2 N–H and O–H groups in total. The molecule has 4 aromatic rings. The average Bonchev–Trinajstić information content (AvgIpc) is 3.32. The molecule has 0 fully saturated rings. The molecule has 1 atom stereocenters. The molecule has 2 aromatic carbocycles. The first-order valence-corrected chi connectivity index (χ1v) is 11.3. The molecule has 6 nitrogen and oxygen atoms in total. The standard InChI is InChI=1S/C21H19NO5S2/c1-12(2)20(21(23)24)22-29(25,26)14-6-8-18-16(11-14)15-7-5-13(10-19(15)28-18)17-4-3-9-27-17/h3-12,20,22H,1-2H3,(H,23,24)/t20-/m1/s1. The van der Waals surface area contributed by atoms with Crippen LogP contribution in [0.1, 0.15) is 13.8 Å². The largest absolute Gasteiger partial charge is 0.480 e. The van der Waals surface area contributed by atoms with Crippen LogP contribution in [-0.4, -0.2) is 25.5 Å². The van der Waals surface area contributed by atoms with Gasteiger partial charge in [0.25, 0.3) is 0 Å². The predicted octanol–water partition coefficient (Wildman–Crippen LogP) is 4.70. The molecular weight excluding hydrogens is 410 g/mol. The third kappa shape index (κ3) is 3.66. The van der Waals surface area contributed by atoms with Crippen molar-refractivity contribution in [3.8, 4) is 11.3 Å². The highest BCUT2D eigenvalue weighted by atomic mass is 32.2. The Morgan fingerprint density at radius 2 is 1.86 bits per heavy atom. The Kier molecular flexibility index (Phi) is 4.94. The monoisotopic (exact) mass is 429 g/mol. The lowest BCUT2D eigenvalue weighted by Crippen LogP contribution is -2.44. The number of carboxylic acid groups (broad SMARTS) is 1. The van der Waals surface area contributed by atoms with Gasteiger partial charge in [-0.2, -0.15) is 4.72 Å². The van der Waals surface area contributed by atoms with Crippen molar-refractivity contribution in [3.63, 3.8) is 0 Å². The summed E-state index contributed by atoms with van der Waals surface area (Å²) < 4.78 is 35.3. The van der Waals surface area contributed by atoms with Gasteiger partial charge in [0.1, 0.15) is 11.8 Å². The number of carbonyl (C=O) groups is 1. The lowest BCUT2D eigenvalue weighted by atomic mass is 10.1. The van der Waals surface area contributed by atoms with Crippen LogP contribution < -0.4 is 4.72 Å². The predicted molar refractivity (Wildman–Crippen MR) is 114 cm³/mol. The second-order valence-electron chi connectivity index (χ2n) is 7.13.